The first-order valence-corrected chi connectivity index (χ1v) is 7.66. The van der Waals surface area contributed by atoms with Gasteiger partial charge < -0.3 is 15.8 Å². The molecule has 0 spiro atoms. The molecule has 0 fully saturated rings. The summed E-state index contributed by atoms with van der Waals surface area (Å²) in [4.78, 5) is 18.2. The van der Waals surface area contributed by atoms with E-state index in [0.29, 0.717) is 5.69 Å². The first kappa shape index (κ1) is 16.8. The van der Waals surface area contributed by atoms with Crippen molar-refractivity contribution in [3.63, 3.8) is 0 Å². The van der Waals surface area contributed by atoms with Crippen molar-refractivity contribution in [1.82, 2.24) is 9.97 Å². The molecule has 0 aliphatic rings. The highest BCUT2D eigenvalue weighted by atomic mass is 35.5. The van der Waals surface area contributed by atoms with Crippen LogP contribution < -0.4 is 15.8 Å². The van der Waals surface area contributed by atoms with Crippen LogP contribution in [0, 0.1) is 15.5 Å². The fourth-order valence-electron chi connectivity index (χ4n) is 1.61. The van der Waals surface area contributed by atoms with Gasteiger partial charge in [0.2, 0.25) is 5.15 Å². The van der Waals surface area contributed by atoms with Crippen LogP contribution in [0.5, 0.6) is 11.6 Å². The summed E-state index contributed by atoms with van der Waals surface area (Å²) in [5.41, 5.74) is 5.22. The Hall–Kier alpha value is -2.59. The minimum atomic E-state index is -0.709. The number of rotatable bonds is 5. The van der Waals surface area contributed by atoms with Crippen LogP contribution in [0.25, 0.3) is 0 Å². The second-order valence-corrected chi connectivity index (χ2v) is 5.21. The van der Waals surface area contributed by atoms with Gasteiger partial charge in [0.05, 0.1) is 4.92 Å². The molecule has 23 heavy (non-hydrogen) atoms. The zero-order valence-corrected chi connectivity index (χ0v) is 13.3. The van der Waals surface area contributed by atoms with Gasteiger partial charge in [-0.3, -0.25) is 15.5 Å². The van der Waals surface area contributed by atoms with Crippen LogP contribution in [0.2, 0.25) is 5.15 Å². The molecule has 11 heteroatoms. The largest absolute Gasteiger partial charge is 0.433 e. The molecule has 0 atom stereocenters. The van der Waals surface area contributed by atoms with Gasteiger partial charge in [0.1, 0.15) is 5.75 Å². The van der Waals surface area contributed by atoms with Crippen molar-refractivity contribution >= 4 is 40.7 Å². The van der Waals surface area contributed by atoms with Crippen molar-refractivity contribution in [3.8, 4) is 11.6 Å². The Bertz CT molecular complexity index is 772. The number of guanidine groups is 1. The van der Waals surface area contributed by atoms with Gasteiger partial charge in [0.25, 0.3) is 0 Å². The van der Waals surface area contributed by atoms with Gasteiger partial charge >= 0.3 is 11.6 Å². The number of anilines is 1. The molecule has 0 saturated heterocycles. The molecule has 0 bridgehead atoms. The van der Waals surface area contributed by atoms with Crippen molar-refractivity contribution in [1.29, 1.82) is 5.41 Å². The van der Waals surface area contributed by atoms with Crippen molar-refractivity contribution in [2.24, 2.45) is 5.73 Å². The van der Waals surface area contributed by atoms with Gasteiger partial charge in [-0.2, -0.15) is 4.98 Å². The summed E-state index contributed by atoms with van der Waals surface area (Å²) in [6.45, 7) is 0. The van der Waals surface area contributed by atoms with Crippen LogP contribution >= 0.6 is 23.4 Å². The predicted octanol–water partition coefficient (Wildman–Crippen LogP) is 2.86. The summed E-state index contributed by atoms with van der Waals surface area (Å²) in [5.74, 6) is -0.247. The summed E-state index contributed by atoms with van der Waals surface area (Å²) < 4.78 is 5.47. The highest BCUT2D eigenvalue weighted by molar-refractivity contribution is 7.98. The summed E-state index contributed by atoms with van der Waals surface area (Å²) in [6, 6.07) is 6.37. The number of nitrogens with one attached hydrogen (secondary N) is 2. The van der Waals surface area contributed by atoms with Gasteiger partial charge in [-0.25, -0.2) is 4.98 Å². The molecule has 9 nitrogen and oxygen atoms in total. The quantitative estimate of drug-likeness (QED) is 0.141. The van der Waals surface area contributed by atoms with Crippen LogP contribution in [0.1, 0.15) is 0 Å². The maximum atomic E-state index is 11.1. The third-order valence-corrected chi connectivity index (χ3v) is 3.29. The van der Waals surface area contributed by atoms with Crippen LogP contribution in [-0.4, -0.2) is 27.1 Å². The molecular formula is C12H11ClN6O3S. The lowest BCUT2D eigenvalue weighted by atomic mass is 10.3. The lowest BCUT2D eigenvalue weighted by Crippen LogP contribution is -2.20. The minimum absolute atomic E-state index is 0.244. The van der Waals surface area contributed by atoms with E-state index in [1.165, 1.54) is 17.8 Å². The second kappa shape index (κ2) is 7.11. The fourth-order valence-corrected chi connectivity index (χ4v) is 2.25. The summed E-state index contributed by atoms with van der Waals surface area (Å²) in [5, 5.41) is 20.9. The summed E-state index contributed by atoms with van der Waals surface area (Å²) in [6.07, 6.45) is 1.71. The lowest BCUT2D eigenvalue weighted by Gasteiger charge is -2.09. The number of nitro groups is 1. The van der Waals surface area contributed by atoms with Gasteiger partial charge in [-0.15, -0.1) is 0 Å². The van der Waals surface area contributed by atoms with E-state index in [0.717, 1.165) is 0 Å². The highest BCUT2D eigenvalue weighted by Gasteiger charge is 2.25. The van der Waals surface area contributed by atoms with Gasteiger partial charge in [-0.1, -0.05) is 29.4 Å². The number of hydrogen-bond acceptors (Lipinski definition) is 7. The van der Waals surface area contributed by atoms with E-state index in [9.17, 15) is 10.1 Å². The van der Waals surface area contributed by atoms with E-state index in [2.05, 4.69) is 15.3 Å². The number of aromatic nitrogens is 2. The number of thioether (sulfide) groups is 1. The van der Waals surface area contributed by atoms with E-state index in [1.807, 2.05) is 0 Å². The molecule has 0 unspecified atom stereocenters. The normalized spacial score (nSPS) is 10.2. The standard InChI is InChI=1S/C12H11ClN6O3S/c1-23-12-17-9(13)8(19(20)21)10(18-12)22-7-4-2-3-6(5-7)16-11(14)15/h2-5H,1H3,(H4,14,15,16). The molecular weight excluding hydrogens is 344 g/mol. The van der Waals surface area contributed by atoms with Gasteiger partial charge in [-0.05, 0) is 18.4 Å². The van der Waals surface area contributed by atoms with Crippen LogP contribution in [-0.2, 0) is 0 Å². The van der Waals surface area contributed by atoms with Gasteiger partial charge in [0, 0.05) is 11.8 Å². The number of nitrogens with zero attached hydrogens (tertiary/aromatic N) is 3. The number of benzene rings is 1. The van der Waals surface area contributed by atoms with Crippen LogP contribution in [0.4, 0.5) is 11.4 Å². The van der Waals surface area contributed by atoms with Crippen molar-refractivity contribution in [2.75, 3.05) is 11.6 Å². The first-order chi connectivity index (χ1) is 10.9. The molecule has 0 radical (unpaired) electrons. The lowest BCUT2D eigenvalue weighted by molar-refractivity contribution is -0.386. The maximum Gasteiger partial charge on any atom is 0.368 e. The molecule has 120 valence electrons. The molecule has 0 aliphatic carbocycles. The Morgan fingerprint density at radius 1 is 1.52 bits per heavy atom. The number of halogens is 1. The monoisotopic (exact) mass is 354 g/mol. The maximum absolute atomic E-state index is 11.1. The molecule has 0 saturated carbocycles. The number of hydrogen-bond donors (Lipinski definition) is 3. The first-order valence-electron chi connectivity index (χ1n) is 6.05. The van der Waals surface area contributed by atoms with Gasteiger partial charge in [0.15, 0.2) is 11.1 Å². The molecule has 1 aromatic carbocycles. The molecule has 0 aliphatic heterocycles. The molecule has 2 rings (SSSR count). The second-order valence-electron chi connectivity index (χ2n) is 4.08. The average molecular weight is 355 g/mol. The van der Waals surface area contributed by atoms with E-state index in [1.54, 1.807) is 24.5 Å². The van der Waals surface area contributed by atoms with Crippen LogP contribution in [0.3, 0.4) is 0 Å². The van der Waals surface area contributed by atoms with E-state index in [4.69, 9.17) is 27.5 Å². The molecule has 1 aromatic heterocycles. The summed E-state index contributed by atoms with van der Waals surface area (Å²) in [7, 11) is 0. The Labute approximate surface area is 139 Å². The molecule has 0 amide bonds. The molecule has 2 aromatic rings. The zero-order valence-electron chi connectivity index (χ0n) is 11.7. The number of ether oxygens (including phenoxy) is 1. The third kappa shape index (κ3) is 4.20. The third-order valence-electron chi connectivity index (χ3n) is 2.48. The van der Waals surface area contributed by atoms with Crippen LogP contribution in [0.15, 0.2) is 29.4 Å². The van der Waals surface area contributed by atoms with E-state index >= 15 is 0 Å². The number of nitrogens with two attached hydrogens (primary N) is 1. The topological polar surface area (TPSA) is 140 Å². The van der Waals surface area contributed by atoms with E-state index in [-0.39, 0.29) is 27.9 Å². The Morgan fingerprint density at radius 2 is 2.26 bits per heavy atom. The Balaban J connectivity index is 2.41. The SMILES string of the molecule is CSc1nc(Cl)c([N+](=O)[O-])c(Oc2cccc(NC(=N)N)c2)n1. The van der Waals surface area contributed by atoms with Crippen molar-refractivity contribution in [3.05, 3.63) is 39.5 Å². The van der Waals surface area contributed by atoms with Crippen molar-refractivity contribution < 1.29 is 9.66 Å². The van der Waals surface area contributed by atoms with E-state index < -0.39 is 10.6 Å². The smallest absolute Gasteiger partial charge is 0.368 e. The predicted molar refractivity (Wildman–Crippen MR) is 87.5 cm³/mol. The average Bonchev–Trinajstić information content (AvgIpc) is 2.45. The fraction of sp³-hybridized carbons (Fsp3) is 0.0833. The molecule has 1 heterocycles. The van der Waals surface area contributed by atoms with Crippen molar-refractivity contribution in [2.45, 2.75) is 5.16 Å². The Kier molecular flexibility index (Phi) is 5.19. The minimum Gasteiger partial charge on any atom is -0.433 e. The molecule has 4 N–H and O–H groups in total. The Morgan fingerprint density at radius 3 is 2.87 bits per heavy atom. The highest BCUT2D eigenvalue weighted by Crippen LogP contribution is 2.36. The summed E-state index contributed by atoms with van der Waals surface area (Å²) >= 11 is 7.00. The zero-order chi connectivity index (χ0) is 17.0.